The van der Waals surface area contributed by atoms with Crippen molar-refractivity contribution in [2.75, 3.05) is 16.0 Å². The van der Waals surface area contributed by atoms with Crippen LogP contribution in [0.3, 0.4) is 0 Å². The molecular weight excluding hydrogens is 398 g/mol. The van der Waals surface area contributed by atoms with Gasteiger partial charge in [-0.3, -0.25) is 14.9 Å². The highest BCUT2D eigenvalue weighted by atomic mass is 16.6. The fraction of sp³-hybridized carbons (Fsp3) is 0. The number of H-pyrrole nitrogens is 1. The maximum atomic E-state index is 12.7. The summed E-state index contributed by atoms with van der Waals surface area (Å²) >= 11 is 0. The monoisotopic (exact) mass is 415 g/mol. The zero-order valence-corrected chi connectivity index (χ0v) is 16.1. The predicted molar refractivity (Wildman–Crippen MR) is 118 cm³/mol. The van der Waals surface area contributed by atoms with E-state index < -0.39 is 16.9 Å². The fourth-order valence-electron chi connectivity index (χ4n) is 3.10. The second kappa shape index (κ2) is 8.37. The van der Waals surface area contributed by atoms with Crippen LogP contribution < -0.4 is 16.0 Å². The Hall–Kier alpha value is -4.66. The molecule has 0 unspecified atom stereocenters. The zero-order chi connectivity index (χ0) is 21.8. The van der Waals surface area contributed by atoms with Gasteiger partial charge in [0, 0.05) is 46.3 Å². The minimum absolute atomic E-state index is 0.100. The van der Waals surface area contributed by atoms with E-state index in [4.69, 9.17) is 0 Å². The van der Waals surface area contributed by atoms with Crippen LogP contribution in [0.1, 0.15) is 10.4 Å². The lowest BCUT2D eigenvalue weighted by Gasteiger charge is -2.10. The van der Waals surface area contributed by atoms with Gasteiger partial charge in [0.05, 0.1) is 10.5 Å². The summed E-state index contributed by atoms with van der Waals surface area (Å²) in [6.07, 6.45) is 1.50. The average molecular weight is 415 g/mol. The highest BCUT2D eigenvalue weighted by molar-refractivity contribution is 6.13. The number of nitrogens with zero attached hydrogens (tertiary/aromatic N) is 1. The summed E-state index contributed by atoms with van der Waals surface area (Å²) in [5.74, 6) is -0.433. The maximum Gasteiger partial charge on any atom is 0.323 e. The molecule has 0 aliphatic rings. The molecule has 3 aromatic carbocycles. The Morgan fingerprint density at radius 2 is 1.48 bits per heavy atom. The molecule has 9 nitrogen and oxygen atoms in total. The molecule has 0 saturated carbocycles. The third-order valence-corrected chi connectivity index (χ3v) is 4.53. The number of hydrogen-bond donors (Lipinski definition) is 4. The number of para-hydroxylation sites is 1. The maximum absolute atomic E-state index is 12.7. The van der Waals surface area contributed by atoms with E-state index in [-0.39, 0.29) is 11.3 Å². The molecule has 0 bridgehead atoms. The first kappa shape index (κ1) is 19.6. The van der Waals surface area contributed by atoms with Gasteiger partial charge in [0.25, 0.3) is 11.6 Å². The molecule has 4 rings (SSSR count). The second-order valence-electron chi connectivity index (χ2n) is 6.67. The standard InChI is InChI=1S/C22H17N5O4/c28-21(19-13-23-20-10-9-17(27(30)31)12-18(19)20)24-15-7-4-8-16(11-15)26-22(29)25-14-5-2-1-3-6-14/h1-13,23H,(H,24,28)(H2,25,26,29). The van der Waals surface area contributed by atoms with E-state index >= 15 is 0 Å². The van der Waals surface area contributed by atoms with Crippen LogP contribution in [-0.2, 0) is 0 Å². The first-order chi connectivity index (χ1) is 15.0. The molecule has 0 aliphatic heterocycles. The molecule has 9 heteroatoms. The van der Waals surface area contributed by atoms with E-state index in [1.165, 1.54) is 18.3 Å². The van der Waals surface area contributed by atoms with Crippen molar-refractivity contribution in [2.24, 2.45) is 0 Å². The van der Waals surface area contributed by atoms with Gasteiger partial charge in [0.1, 0.15) is 0 Å². The smallest absolute Gasteiger partial charge is 0.323 e. The summed E-state index contributed by atoms with van der Waals surface area (Å²) in [4.78, 5) is 38.4. The molecule has 0 saturated heterocycles. The number of carbonyl (C=O) groups excluding carboxylic acids is 2. The zero-order valence-electron chi connectivity index (χ0n) is 16.1. The van der Waals surface area contributed by atoms with Gasteiger partial charge in [0.15, 0.2) is 0 Å². The number of nitro groups is 1. The summed E-state index contributed by atoms with van der Waals surface area (Å²) in [5.41, 5.74) is 2.39. The number of amides is 3. The van der Waals surface area contributed by atoms with Gasteiger partial charge in [-0.15, -0.1) is 0 Å². The summed E-state index contributed by atoms with van der Waals surface area (Å²) in [7, 11) is 0. The lowest BCUT2D eigenvalue weighted by atomic mass is 10.1. The van der Waals surface area contributed by atoms with Crippen LogP contribution in [0.5, 0.6) is 0 Å². The highest BCUT2D eigenvalue weighted by Gasteiger charge is 2.16. The topological polar surface area (TPSA) is 129 Å². The van der Waals surface area contributed by atoms with Gasteiger partial charge in [-0.2, -0.15) is 0 Å². The van der Waals surface area contributed by atoms with Crippen molar-refractivity contribution >= 4 is 45.6 Å². The second-order valence-corrected chi connectivity index (χ2v) is 6.67. The van der Waals surface area contributed by atoms with Crippen molar-refractivity contribution in [1.29, 1.82) is 0 Å². The van der Waals surface area contributed by atoms with Gasteiger partial charge >= 0.3 is 6.03 Å². The third kappa shape index (κ3) is 4.51. The van der Waals surface area contributed by atoms with Crippen molar-refractivity contribution < 1.29 is 14.5 Å². The molecule has 0 radical (unpaired) electrons. The van der Waals surface area contributed by atoms with Crippen molar-refractivity contribution in [3.63, 3.8) is 0 Å². The van der Waals surface area contributed by atoms with Crippen LogP contribution in [0.25, 0.3) is 10.9 Å². The Labute approximate surface area is 176 Å². The summed E-state index contributed by atoms with van der Waals surface area (Å²) < 4.78 is 0. The van der Waals surface area contributed by atoms with E-state index in [0.29, 0.717) is 28.0 Å². The first-order valence-electron chi connectivity index (χ1n) is 9.29. The summed E-state index contributed by atoms with van der Waals surface area (Å²) in [6, 6.07) is 19.5. The van der Waals surface area contributed by atoms with Crippen LogP contribution in [-0.4, -0.2) is 21.8 Å². The van der Waals surface area contributed by atoms with Crippen LogP contribution in [0, 0.1) is 10.1 Å². The molecule has 0 fully saturated rings. The number of benzene rings is 3. The molecule has 1 aromatic heterocycles. The van der Waals surface area contributed by atoms with E-state index in [1.807, 2.05) is 18.2 Å². The van der Waals surface area contributed by atoms with Crippen LogP contribution in [0.15, 0.2) is 79.0 Å². The normalized spacial score (nSPS) is 10.5. The SMILES string of the molecule is O=C(Nc1ccccc1)Nc1cccc(NC(=O)c2c[nH]c3ccc([N+](=O)[O-])cc23)c1. The highest BCUT2D eigenvalue weighted by Crippen LogP contribution is 2.25. The fourth-order valence-corrected chi connectivity index (χ4v) is 3.10. The molecular formula is C22H17N5O4. The van der Waals surface area contributed by atoms with Crippen LogP contribution >= 0.6 is 0 Å². The van der Waals surface area contributed by atoms with Gasteiger partial charge < -0.3 is 20.9 Å². The number of rotatable bonds is 5. The molecule has 0 spiro atoms. The number of carbonyl (C=O) groups is 2. The number of nitrogens with one attached hydrogen (secondary N) is 4. The molecule has 4 N–H and O–H groups in total. The number of aromatic amines is 1. The molecule has 154 valence electrons. The van der Waals surface area contributed by atoms with E-state index in [2.05, 4.69) is 20.9 Å². The first-order valence-corrected chi connectivity index (χ1v) is 9.29. The van der Waals surface area contributed by atoms with Gasteiger partial charge in [-0.1, -0.05) is 24.3 Å². The van der Waals surface area contributed by atoms with Crippen molar-refractivity contribution in [1.82, 2.24) is 4.98 Å². The molecule has 4 aromatic rings. The van der Waals surface area contributed by atoms with Crippen molar-refractivity contribution in [3.8, 4) is 0 Å². The largest absolute Gasteiger partial charge is 0.360 e. The summed E-state index contributed by atoms with van der Waals surface area (Å²) in [6.45, 7) is 0. The number of fused-ring (bicyclic) bond motifs is 1. The lowest BCUT2D eigenvalue weighted by Crippen LogP contribution is -2.19. The Morgan fingerprint density at radius 1 is 0.806 bits per heavy atom. The third-order valence-electron chi connectivity index (χ3n) is 4.53. The summed E-state index contributed by atoms with van der Waals surface area (Å²) in [5, 5.41) is 19.6. The van der Waals surface area contributed by atoms with Crippen molar-refractivity contribution in [2.45, 2.75) is 0 Å². The number of nitro benzene ring substituents is 1. The molecule has 0 atom stereocenters. The quantitative estimate of drug-likeness (QED) is 0.271. The number of hydrogen-bond acceptors (Lipinski definition) is 4. The van der Waals surface area contributed by atoms with E-state index in [0.717, 1.165) is 0 Å². The van der Waals surface area contributed by atoms with Gasteiger partial charge in [-0.25, -0.2) is 4.79 Å². The number of anilines is 3. The Morgan fingerprint density at radius 3 is 2.23 bits per heavy atom. The molecule has 0 aliphatic carbocycles. The van der Waals surface area contributed by atoms with Gasteiger partial charge in [0.2, 0.25) is 0 Å². The molecule has 1 heterocycles. The minimum Gasteiger partial charge on any atom is -0.360 e. The van der Waals surface area contributed by atoms with E-state index in [1.54, 1.807) is 42.5 Å². The van der Waals surface area contributed by atoms with Crippen molar-refractivity contribution in [3.05, 3.63) is 94.7 Å². The number of urea groups is 1. The minimum atomic E-state index is -0.510. The average Bonchev–Trinajstić information content (AvgIpc) is 3.18. The Kier molecular flexibility index (Phi) is 5.31. The van der Waals surface area contributed by atoms with Gasteiger partial charge in [-0.05, 0) is 36.4 Å². The molecule has 3 amide bonds. The van der Waals surface area contributed by atoms with E-state index in [9.17, 15) is 19.7 Å². The molecule has 31 heavy (non-hydrogen) atoms. The Bertz CT molecular complexity index is 1280. The lowest BCUT2D eigenvalue weighted by molar-refractivity contribution is -0.384. The van der Waals surface area contributed by atoms with Crippen LogP contribution in [0.4, 0.5) is 27.5 Å². The van der Waals surface area contributed by atoms with Crippen LogP contribution in [0.2, 0.25) is 0 Å². The predicted octanol–water partition coefficient (Wildman–Crippen LogP) is 4.97. The Balaban J connectivity index is 1.48. The number of non-ortho nitro benzene ring substituents is 1. The number of aromatic nitrogens is 1.